The molecule has 2 heterocycles. The van der Waals surface area contributed by atoms with Crippen molar-refractivity contribution >= 4 is 22.7 Å². The number of hydrogen-bond acceptors (Lipinski definition) is 6. The normalized spacial score (nSPS) is 14.8. The summed E-state index contributed by atoms with van der Waals surface area (Å²) in [5.41, 5.74) is 0.851. The van der Waals surface area contributed by atoms with Gasteiger partial charge in [0.15, 0.2) is 0 Å². The second-order valence-electron chi connectivity index (χ2n) is 7.40. The minimum Gasteiger partial charge on any atom is -0.490 e. The van der Waals surface area contributed by atoms with Crippen molar-refractivity contribution in [2.75, 3.05) is 18.5 Å². The number of ether oxygens (including phenoxy) is 1. The molecule has 0 saturated heterocycles. The third-order valence-corrected chi connectivity index (χ3v) is 5.36. The zero-order chi connectivity index (χ0) is 20.4. The number of fused-ring (bicyclic) bond motifs is 1. The minimum absolute atomic E-state index is 0.0929. The van der Waals surface area contributed by atoms with E-state index in [1.807, 2.05) is 37.1 Å². The van der Waals surface area contributed by atoms with Crippen LogP contribution in [0.3, 0.4) is 0 Å². The van der Waals surface area contributed by atoms with Gasteiger partial charge in [0.1, 0.15) is 11.6 Å². The first-order valence-corrected chi connectivity index (χ1v) is 10.0. The Morgan fingerprint density at radius 3 is 2.76 bits per heavy atom. The fourth-order valence-corrected chi connectivity index (χ4v) is 3.61. The van der Waals surface area contributed by atoms with E-state index >= 15 is 0 Å². The highest BCUT2D eigenvalue weighted by atomic mass is 16.5. The van der Waals surface area contributed by atoms with E-state index < -0.39 is 5.97 Å². The molecule has 0 aliphatic heterocycles. The molecule has 8 heteroatoms. The van der Waals surface area contributed by atoms with Crippen LogP contribution in [0.25, 0.3) is 16.9 Å². The molecule has 152 valence electrons. The number of nitrogens with zero attached hydrogens (tertiary/aromatic N) is 5. The number of aromatic nitrogens is 4. The SMILES string of the molecule is CCN(C)c1nc(-n2cc(C(=O)O)cn2)nc2ccc(OC3CCCCC3)cc12. The van der Waals surface area contributed by atoms with E-state index in [0.717, 1.165) is 41.9 Å². The summed E-state index contributed by atoms with van der Waals surface area (Å²) in [6, 6.07) is 5.86. The number of hydrogen-bond donors (Lipinski definition) is 1. The molecule has 1 aromatic carbocycles. The lowest BCUT2D eigenvalue weighted by Gasteiger charge is -2.24. The van der Waals surface area contributed by atoms with Crippen molar-refractivity contribution in [3.63, 3.8) is 0 Å². The third kappa shape index (κ3) is 4.01. The highest BCUT2D eigenvalue weighted by molar-refractivity contribution is 5.91. The van der Waals surface area contributed by atoms with Gasteiger partial charge in [-0.3, -0.25) is 0 Å². The molecule has 0 unspecified atom stereocenters. The standard InChI is InChI=1S/C21H25N5O3/c1-3-25(2)19-17-11-16(29-15-7-5-4-6-8-15)9-10-18(17)23-21(24-19)26-13-14(12-22-26)20(27)28/h9-13,15H,3-8H2,1-2H3,(H,27,28). The molecule has 8 nitrogen and oxygen atoms in total. The van der Waals surface area contributed by atoms with Crippen molar-refractivity contribution in [1.29, 1.82) is 0 Å². The molecule has 0 bridgehead atoms. The van der Waals surface area contributed by atoms with Crippen LogP contribution in [0.5, 0.6) is 5.75 Å². The predicted octanol–water partition coefficient (Wildman–Crippen LogP) is 3.68. The van der Waals surface area contributed by atoms with Crippen molar-refractivity contribution in [1.82, 2.24) is 19.7 Å². The average molecular weight is 395 g/mol. The van der Waals surface area contributed by atoms with Crippen molar-refractivity contribution in [3.8, 4) is 11.7 Å². The van der Waals surface area contributed by atoms with E-state index in [-0.39, 0.29) is 11.7 Å². The Hall–Kier alpha value is -3.16. The Balaban J connectivity index is 1.74. The van der Waals surface area contributed by atoms with E-state index in [2.05, 4.69) is 15.1 Å². The van der Waals surface area contributed by atoms with E-state index in [4.69, 9.17) is 9.84 Å². The molecule has 3 aromatic rings. The molecule has 4 rings (SSSR count). The molecule has 0 amide bonds. The number of rotatable bonds is 6. The molecule has 0 atom stereocenters. The van der Waals surface area contributed by atoms with E-state index in [9.17, 15) is 4.79 Å². The van der Waals surface area contributed by atoms with Crippen LogP contribution in [0, 0.1) is 0 Å². The molecule has 1 fully saturated rings. The fourth-order valence-electron chi connectivity index (χ4n) is 3.61. The largest absolute Gasteiger partial charge is 0.490 e. The summed E-state index contributed by atoms with van der Waals surface area (Å²) in [4.78, 5) is 22.5. The van der Waals surface area contributed by atoms with Crippen LogP contribution >= 0.6 is 0 Å². The highest BCUT2D eigenvalue weighted by Crippen LogP contribution is 2.30. The second-order valence-corrected chi connectivity index (χ2v) is 7.40. The van der Waals surface area contributed by atoms with Crippen molar-refractivity contribution in [3.05, 3.63) is 36.2 Å². The first-order chi connectivity index (χ1) is 14.0. The number of anilines is 1. The second kappa shape index (κ2) is 8.06. The lowest BCUT2D eigenvalue weighted by Crippen LogP contribution is -2.20. The van der Waals surface area contributed by atoms with E-state index in [0.29, 0.717) is 5.95 Å². The van der Waals surface area contributed by atoms with Crippen LogP contribution in [0.4, 0.5) is 5.82 Å². The van der Waals surface area contributed by atoms with Crippen molar-refractivity contribution in [2.45, 2.75) is 45.1 Å². The molecule has 2 aromatic heterocycles. The Bertz CT molecular complexity index is 1030. The highest BCUT2D eigenvalue weighted by Gasteiger charge is 2.18. The van der Waals surface area contributed by atoms with Gasteiger partial charge in [0.05, 0.1) is 23.4 Å². The molecule has 1 N–H and O–H groups in total. The maximum Gasteiger partial charge on any atom is 0.338 e. The fraction of sp³-hybridized carbons (Fsp3) is 0.429. The Kier molecular flexibility index (Phi) is 5.33. The lowest BCUT2D eigenvalue weighted by atomic mass is 9.98. The molecule has 1 aliphatic rings. The van der Waals surface area contributed by atoms with Gasteiger partial charge in [0.25, 0.3) is 5.95 Å². The van der Waals surface area contributed by atoms with Crippen molar-refractivity contribution < 1.29 is 14.6 Å². The van der Waals surface area contributed by atoms with Gasteiger partial charge in [-0.2, -0.15) is 10.1 Å². The van der Waals surface area contributed by atoms with Gasteiger partial charge in [0, 0.05) is 25.2 Å². The summed E-state index contributed by atoms with van der Waals surface area (Å²) in [6.45, 7) is 2.81. The molecule has 0 spiro atoms. The molecular formula is C21H25N5O3. The summed E-state index contributed by atoms with van der Waals surface area (Å²) in [7, 11) is 1.96. The van der Waals surface area contributed by atoms with Gasteiger partial charge in [-0.05, 0) is 50.8 Å². The maximum atomic E-state index is 11.2. The predicted molar refractivity (Wildman–Crippen MR) is 110 cm³/mol. The smallest absolute Gasteiger partial charge is 0.338 e. The molecule has 1 saturated carbocycles. The van der Waals surface area contributed by atoms with Crippen LogP contribution < -0.4 is 9.64 Å². The number of carboxylic acids is 1. The zero-order valence-corrected chi connectivity index (χ0v) is 16.7. The first kappa shape index (κ1) is 19.2. The van der Waals surface area contributed by atoms with Crippen molar-refractivity contribution in [2.24, 2.45) is 0 Å². The Morgan fingerprint density at radius 2 is 2.07 bits per heavy atom. The monoisotopic (exact) mass is 395 g/mol. The minimum atomic E-state index is -1.03. The Morgan fingerprint density at radius 1 is 1.28 bits per heavy atom. The van der Waals surface area contributed by atoms with Gasteiger partial charge < -0.3 is 14.7 Å². The van der Waals surface area contributed by atoms with Crippen LogP contribution in [-0.2, 0) is 0 Å². The Labute approximate surface area is 169 Å². The molecular weight excluding hydrogens is 370 g/mol. The van der Waals surface area contributed by atoms with Gasteiger partial charge in [-0.25, -0.2) is 14.5 Å². The van der Waals surface area contributed by atoms with Crippen LogP contribution in [0.1, 0.15) is 49.4 Å². The number of carboxylic acid groups (broad SMARTS) is 1. The number of benzene rings is 1. The quantitative estimate of drug-likeness (QED) is 0.680. The first-order valence-electron chi connectivity index (χ1n) is 10.0. The van der Waals surface area contributed by atoms with Crippen LogP contribution in [0.15, 0.2) is 30.6 Å². The lowest BCUT2D eigenvalue weighted by molar-refractivity contribution is 0.0697. The molecule has 1 aliphatic carbocycles. The summed E-state index contributed by atoms with van der Waals surface area (Å²) < 4.78 is 7.61. The van der Waals surface area contributed by atoms with Gasteiger partial charge in [0.2, 0.25) is 0 Å². The maximum absolute atomic E-state index is 11.2. The number of aromatic carboxylic acids is 1. The number of carbonyl (C=O) groups is 1. The third-order valence-electron chi connectivity index (χ3n) is 5.36. The molecule has 29 heavy (non-hydrogen) atoms. The summed E-state index contributed by atoms with van der Waals surface area (Å²) >= 11 is 0. The van der Waals surface area contributed by atoms with E-state index in [1.165, 1.54) is 36.3 Å². The topological polar surface area (TPSA) is 93.4 Å². The zero-order valence-electron chi connectivity index (χ0n) is 16.7. The van der Waals surface area contributed by atoms with Gasteiger partial charge in [-0.1, -0.05) is 6.42 Å². The summed E-state index contributed by atoms with van der Waals surface area (Å²) in [5, 5.41) is 14.1. The summed E-state index contributed by atoms with van der Waals surface area (Å²) in [6.07, 6.45) is 8.90. The summed E-state index contributed by atoms with van der Waals surface area (Å²) in [5.74, 6) is 0.890. The average Bonchev–Trinajstić information content (AvgIpc) is 3.24. The van der Waals surface area contributed by atoms with Crippen LogP contribution in [-0.4, -0.2) is 50.5 Å². The van der Waals surface area contributed by atoms with Gasteiger partial charge >= 0.3 is 5.97 Å². The molecule has 0 radical (unpaired) electrons. The van der Waals surface area contributed by atoms with E-state index in [1.54, 1.807) is 0 Å². The van der Waals surface area contributed by atoms with Crippen LogP contribution in [0.2, 0.25) is 0 Å². The van der Waals surface area contributed by atoms with Gasteiger partial charge in [-0.15, -0.1) is 0 Å².